The largest absolute Gasteiger partial charge is 0.495 e. The van der Waals surface area contributed by atoms with Gasteiger partial charge in [-0.1, -0.05) is 30.9 Å². The van der Waals surface area contributed by atoms with E-state index < -0.39 is 0 Å². The van der Waals surface area contributed by atoms with Gasteiger partial charge in [0.2, 0.25) is 0 Å². The third-order valence-corrected chi connectivity index (χ3v) is 3.71. The lowest BCUT2D eigenvalue weighted by Gasteiger charge is -2.29. The van der Waals surface area contributed by atoms with Gasteiger partial charge in [-0.3, -0.25) is 0 Å². The maximum Gasteiger partial charge on any atom is 0.142 e. The predicted molar refractivity (Wildman–Crippen MR) is 73.0 cm³/mol. The molecular formula is C14H20ClNO. The van der Waals surface area contributed by atoms with Crippen LogP contribution in [-0.2, 0) is 0 Å². The maximum atomic E-state index is 6.01. The molecule has 0 saturated heterocycles. The Bertz CT molecular complexity index is 376. The molecule has 1 unspecified atom stereocenters. The van der Waals surface area contributed by atoms with Crippen LogP contribution in [0.25, 0.3) is 0 Å². The number of anilines is 1. The third kappa shape index (κ3) is 3.29. The Balaban J connectivity index is 1.98. The number of hydrogen-bond acceptors (Lipinski definition) is 2. The van der Waals surface area contributed by atoms with Crippen LogP contribution >= 0.6 is 11.6 Å². The van der Waals surface area contributed by atoms with Crippen LogP contribution in [0.15, 0.2) is 18.2 Å². The molecule has 0 heterocycles. The molecule has 0 radical (unpaired) electrons. The average molecular weight is 254 g/mol. The van der Waals surface area contributed by atoms with Gasteiger partial charge in [-0.2, -0.15) is 0 Å². The smallest absolute Gasteiger partial charge is 0.142 e. The van der Waals surface area contributed by atoms with E-state index in [1.54, 1.807) is 7.11 Å². The molecule has 2 rings (SSSR count). The highest BCUT2D eigenvalue weighted by molar-refractivity contribution is 6.30. The first-order valence-electron chi connectivity index (χ1n) is 6.29. The van der Waals surface area contributed by atoms with Gasteiger partial charge >= 0.3 is 0 Å². The number of methoxy groups -OCH3 is 1. The molecule has 0 spiro atoms. The molecule has 1 fully saturated rings. The Morgan fingerprint density at radius 1 is 1.47 bits per heavy atom. The van der Waals surface area contributed by atoms with Gasteiger partial charge in [-0.15, -0.1) is 0 Å². The Morgan fingerprint density at radius 2 is 2.24 bits per heavy atom. The number of benzene rings is 1. The lowest BCUT2D eigenvalue weighted by atomic mass is 9.81. The summed E-state index contributed by atoms with van der Waals surface area (Å²) in [6.07, 6.45) is 5.41. The second-order valence-corrected chi connectivity index (χ2v) is 5.36. The fraction of sp³-hybridized carbons (Fsp3) is 0.571. The summed E-state index contributed by atoms with van der Waals surface area (Å²) in [5, 5.41) is 4.23. The first kappa shape index (κ1) is 12.6. The van der Waals surface area contributed by atoms with Gasteiger partial charge in [0.15, 0.2) is 0 Å². The van der Waals surface area contributed by atoms with E-state index in [4.69, 9.17) is 16.3 Å². The van der Waals surface area contributed by atoms with E-state index in [1.807, 2.05) is 18.2 Å². The van der Waals surface area contributed by atoms with Crippen molar-refractivity contribution in [2.24, 2.45) is 5.92 Å². The second kappa shape index (κ2) is 5.63. The van der Waals surface area contributed by atoms with Crippen LogP contribution in [0.1, 0.15) is 32.6 Å². The van der Waals surface area contributed by atoms with Gasteiger partial charge < -0.3 is 10.1 Å². The summed E-state index contributed by atoms with van der Waals surface area (Å²) in [6, 6.07) is 6.15. The number of halogens is 1. The zero-order valence-electron chi connectivity index (χ0n) is 10.5. The fourth-order valence-corrected chi connectivity index (χ4v) is 2.52. The molecule has 3 heteroatoms. The van der Waals surface area contributed by atoms with Crippen molar-refractivity contribution < 1.29 is 4.74 Å². The Hall–Kier alpha value is -0.890. The summed E-state index contributed by atoms with van der Waals surface area (Å²) in [5.41, 5.74) is 0.992. The van der Waals surface area contributed by atoms with E-state index in [0.717, 1.165) is 22.4 Å². The molecular weight excluding hydrogens is 234 g/mol. The van der Waals surface area contributed by atoms with Crippen molar-refractivity contribution in [3.63, 3.8) is 0 Å². The summed E-state index contributed by atoms with van der Waals surface area (Å²) >= 11 is 6.01. The highest BCUT2D eigenvalue weighted by atomic mass is 35.5. The van der Waals surface area contributed by atoms with E-state index in [-0.39, 0.29) is 0 Å². The summed E-state index contributed by atoms with van der Waals surface area (Å²) < 4.78 is 5.33. The van der Waals surface area contributed by atoms with Gasteiger partial charge in [-0.25, -0.2) is 0 Å². The van der Waals surface area contributed by atoms with Gasteiger partial charge in [0.25, 0.3) is 0 Å². The van der Waals surface area contributed by atoms with Crippen LogP contribution in [0.2, 0.25) is 5.02 Å². The third-order valence-electron chi connectivity index (χ3n) is 3.48. The summed E-state index contributed by atoms with van der Waals surface area (Å²) in [4.78, 5) is 0. The zero-order valence-corrected chi connectivity index (χ0v) is 11.3. The molecule has 0 aromatic heterocycles. The van der Waals surface area contributed by atoms with E-state index >= 15 is 0 Å². The van der Waals surface area contributed by atoms with Crippen LogP contribution in [0.5, 0.6) is 5.75 Å². The number of hydrogen-bond donors (Lipinski definition) is 1. The normalized spacial score (nSPS) is 17.4. The van der Waals surface area contributed by atoms with E-state index in [2.05, 4.69) is 12.2 Å². The van der Waals surface area contributed by atoms with Crippen LogP contribution in [-0.4, -0.2) is 13.2 Å². The number of nitrogens with one attached hydrogen (secondary N) is 1. The molecule has 2 nitrogen and oxygen atoms in total. The molecule has 1 aromatic rings. The van der Waals surface area contributed by atoms with E-state index in [1.165, 1.54) is 25.7 Å². The molecule has 0 bridgehead atoms. The first-order valence-corrected chi connectivity index (χ1v) is 6.67. The molecule has 1 aliphatic carbocycles. The molecule has 1 aromatic carbocycles. The monoisotopic (exact) mass is 253 g/mol. The lowest BCUT2D eigenvalue weighted by Crippen LogP contribution is -2.23. The van der Waals surface area contributed by atoms with Crippen molar-refractivity contribution >= 4 is 17.3 Å². The molecule has 17 heavy (non-hydrogen) atoms. The van der Waals surface area contributed by atoms with Gasteiger partial charge in [0.1, 0.15) is 5.75 Å². The Morgan fingerprint density at radius 3 is 2.82 bits per heavy atom. The van der Waals surface area contributed by atoms with Gasteiger partial charge in [-0.05, 0) is 37.5 Å². The zero-order chi connectivity index (χ0) is 12.3. The van der Waals surface area contributed by atoms with Crippen molar-refractivity contribution in [1.29, 1.82) is 0 Å². The van der Waals surface area contributed by atoms with Gasteiger partial charge in [0, 0.05) is 11.1 Å². The highest BCUT2D eigenvalue weighted by Crippen LogP contribution is 2.33. The minimum absolute atomic E-state index is 0.465. The standard InChI is InChI=1S/C14H20ClNO/c1-10(8-11-4-3-5-11)16-13-9-12(15)6-7-14(13)17-2/h6-7,9-11,16H,3-5,8H2,1-2H3. The minimum Gasteiger partial charge on any atom is -0.495 e. The fourth-order valence-electron chi connectivity index (χ4n) is 2.35. The van der Waals surface area contributed by atoms with E-state index in [0.29, 0.717) is 6.04 Å². The summed E-state index contributed by atoms with van der Waals surface area (Å²) in [5.74, 6) is 1.76. The van der Waals surface area contributed by atoms with Crippen molar-refractivity contribution in [2.75, 3.05) is 12.4 Å². The van der Waals surface area contributed by atoms with Crippen LogP contribution in [0.3, 0.4) is 0 Å². The average Bonchev–Trinajstić information content (AvgIpc) is 2.24. The number of ether oxygens (including phenoxy) is 1. The molecule has 0 amide bonds. The molecule has 0 aliphatic heterocycles. The maximum absolute atomic E-state index is 6.01. The summed E-state index contributed by atoms with van der Waals surface area (Å²) in [6.45, 7) is 2.22. The first-order chi connectivity index (χ1) is 8.19. The second-order valence-electron chi connectivity index (χ2n) is 4.92. The highest BCUT2D eigenvalue weighted by Gasteiger charge is 2.20. The van der Waals surface area contributed by atoms with Crippen LogP contribution in [0, 0.1) is 5.92 Å². The van der Waals surface area contributed by atoms with E-state index in [9.17, 15) is 0 Å². The molecule has 1 N–H and O–H groups in total. The van der Waals surface area contributed by atoms with Crippen molar-refractivity contribution in [1.82, 2.24) is 0 Å². The molecule has 1 saturated carbocycles. The summed E-state index contributed by atoms with van der Waals surface area (Å²) in [7, 11) is 1.69. The van der Waals surface area contributed by atoms with Crippen LogP contribution < -0.4 is 10.1 Å². The number of rotatable bonds is 5. The molecule has 1 atom stereocenters. The van der Waals surface area contributed by atoms with Crippen molar-refractivity contribution in [3.8, 4) is 5.75 Å². The Labute approximate surface area is 108 Å². The minimum atomic E-state index is 0.465. The SMILES string of the molecule is COc1ccc(Cl)cc1NC(C)CC1CCC1. The quantitative estimate of drug-likeness (QED) is 0.843. The van der Waals surface area contributed by atoms with Gasteiger partial charge in [0.05, 0.1) is 12.8 Å². The predicted octanol–water partition coefficient (Wildman–Crippen LogP) is 4.34. The molecule has 1 aliphatic rings. The topological polar surface area (TPSA) is 21.3 Å². The molecule has 94 valence electrons. The Kier molecular flexibility index (Phi) is 4.16. The van der Waals surface area contributed by atoms with Crippen LogP contribution in [0.4, 0.5) is 5.69 Å². The van der Waals surface area contributed by atoms with Crippen molar-refractivity contribution in [3.05, 3.63) is 23.2 Å². The van der Waals surface area contributed by atoms with Crippen molar-refractivity contribution in [2.45, 2.75) is 38.6 Å². The lowest BCUT2D eigenvalue weighted by molar-refractivity contribution is 0.285.